The van der Waals surface area contributed by atoms with E-state index < -0.39 is 0 Å². The maximum absolute atomic E-state index is 4.00. The van der Waals surface area contributed by atoms with Gasteiger partial charge in [0.25, 0.3) is 0 Å². The second-order valence-electron chi connectivity index (χ2n) is 3.56. The van der Waals surface area contributed by atoms with Gasteiger partial charge in [0.15, 0.2) is 6.21 Å². The molecule has 0 aromatic heterocycles. The van der Waals surface area contributed by atoms with Gasteiger partial charge in [-0.3, -0.25) is 0 Å². The van der Waals surface area contributed by atoms with Crippen LogP contribution >= 0.6 is 0 Å². The minimum absolute atomic E-state index is 0.160. The summed E-state index contributed by atoms with van der Waals surface area (Å²) >= 11 is 0. The molecule has 0 N–H and O–H groups in total. The largest absolute Gasteiger partial charge is 0.377 e. The van der Waals surface area contributed by atoms with Gasteiger partial charge in [0.2, 0.25) is 0 Å². The molecule has 0 atom stereocenters. The Morgan fingerprint density at radius 1 is 1.36 bits per heavy atom. The number of hydrogen-bond acceptors (Lipinski definition) is 1. The van der Waals surface area contributed by atoms with E-state index in [-0.39, 0.29) is 5.41 Å². The fraction of sp³-hybridized carbons (Fsp3) is 0.444. The van der Waals surface area contributed by atoms with Gasteiger partial charge in [-0.1, -0.05) is 20.8 Å². The second-order valence-corrected chi connectivity index (χ2v) is 3.56. The molecule has 0 aliphatic carbocycles. The Kier molecular flexibility index (Phi) is 2.06. The van der Waals surface area contributed by atoms with E-state index >= 15 is 0 Å². The van der Waals surface area contributed by atoms with Crippen molar-refractivity contribution in [3.8, 4) is 0 Å². The third kappa shape index (κ3) is 2.17. The molecule has 0 fully saturated rings. The van der Waals surface area contributed by atoms with E-state index in [2.05, 4.69) is 30.4 Å². The van der Waals surface area contributed by atoms with Gasteiger partial charge in [-0.25, -0.2) is 4.67 Å². The molecule has 0 bridgehead atoms. The first-order chi connectivity index (χ1) is 5.11. The van der Waals surface area contributed by atoms with Gasteiger partial charge < -0.3 is 0 Å². The van der Waals surface area contributed by atoms with Crippen molar-refractivity contribution >= 4 is 18.8 Å². The number of aliphatic imine (C=N–C) groups is 1. The molecule has 1 heterocycles. The summed E-state index contributed by atoms with van der Waals surface area (Å²) in [6.45, 7) is 6.47. The SMILES string of the molecule is CC(C)(C)C1=CC=[N+]=CN=C1. The Morgan fingerprint density at radius 3 is 2.73 bits per heavy atom. The van der Waals surface area contributed by atoms with E-state index in [4.69, 9.17) is 0 Å². The summed E-state index contributed by atoms with van der Waals surface area (Å²) in [7, 11) is 0. The molecule has 1 aliphatic heterocycles. The highest BCUT2D eigenvalue weighted by molar-refractivity contribution is 5.93. The van der Waals surface area contributed by atoms with E-state index in [1.165, 1.54) is 5.57 Å². The van der Waals surface area contributed by atoms with Gasteiger partial charge in [-0.2, -0.15) is 0 Å². The van der Waals surface area contributed by atoms with E-state index in [1.807, 2.05) is 12.3 Å². The lowest BCUT2D eigenvalue weighted by Crippen LogP contribution is -2.10. The van der Waals surface area contributed by atoms with Crippen molar-refractivity contribution < 1.29 is 0 Å². The van der Waals surface area contributed by atoms with Crippen LogP contribution in [-0.4, -0.2) is 18.8 Å². The molecule has 0 amide bonds. The highest BCUT2D eigenvalue weighted by Crippen LogP contribution is 2.22. The van der Waals surface area contributed by atoms with Crippen molar-refractivity contribution in [2.45, 2.75) is 20.8 Å². The summed E-state index contributed by atoms with van der Waals surface area (Å²) in [6.07, 6.45) is 7.17. The van der Waals surface area contributed by atoms with Crippen LogP contribution in [0.2, 0.25) is 0 Å². The summed E-state index contributed by atoms with van der Waals surface area (Å²) in [5.41, 5.74) is 1.36. The minimum Gasteiger partial charge on any atom is -0.215 e. The molecule has 0 saturated carbocycles. The van der Waals surface area contributed by atoms with E-state index in [0.717, 1.165) is 0 Å². The fourth-order valence-electron chi connectivity index (χ4n) is 0.801. The average molecular weight is 149 g/mol. The molecule has 1 rings (SSSR count). The van der Waals surface area contributed by atoms with Crippen molar-refractivity contribution in [3.05, 3.63) is 11.6 Å². The topological polar surface area (TPSA) is 26.5 Å². The number of hydrogen-bond donors (Lipinski definition) is 0. The Hall–Kier alpha value is -1.14. The first-order valence-electron chi connectivity index (χ1n) is 3.69. The summed E-state index contributed by atoms with van der Waals surface area (Å²) in [6, 6.07) is 0. The monoisotopic (exact) mass is 149 g/mol. The molecule has 0 aromatic carbocycles. The molecule has 11 heavy (non-hydrogen) atoms. The number of allylic oxidation sites excluding steroid dienone is 2. The lowest BCUT2D eigenvalue weighted by atomic mass is 9.87. The molecule has 0 saturated heterocycles. The molecule has 0 unspecified atom stereocenters. The third-order valence-corrected chi connectivity index (χ3v) is 1.55. The van der Waals surface area contributed by atoms with Crippen LogP contribution in [0.15, 0.2) is 16.6 Å². The van der Waals surface area contributed by atoms with Crippen LogP contribution in [0.3, 0.4) is 0 Å². The fourth-order valence-corrected chi connectivity index (χ4v) is 0.801. The zero-order chi connectivity index (χ0) is 8.32. The molecule has 1 aliphatic rings. The summed E-state index contributed by atoms with van der Waals surface area (Å²) in [5.74, 6) is 0. The van der Waals surface area contributed by atoms with Gasteiger partial charge in [0.1, 0.15) is 6.21 Å². The lowest BCUT2D eigenvalue weighted by Gasteiger charge is -2.16. The first-order valence-corrected chi connectivity index (χ1v) is 3.69. The van der Waals surface area contributed by atoms with E-state index in [9.17, 15) is 0 Å². The molecule has 2 nitrogen and oxygen atoms in total. The van der Waals surface area contributed by atoms with Crippen molar-refractivity contribution in [2.75, 3.05) is 0 Å². The molecular formula is C9H13N2+. The maximum atomic E-state index is 4.00. The van der Waals surface area contributed by atoms with Crippen LogP contribution in [0.25, 0.3) is 0 Å². The Balaban J connectivity index is 2.93. The van der Waals surface area contributed by atoms with Gasteiger partial charge in [0, 0.05) is 11.6 Å². The van der Waals surface area contributed by atoms with Crippen LogP contribution in [0.5, 0.6) is 0 Å². The van der Waals surface area contributed by atoms with Crippen LogP contribution in [0, 0.1) is 5.41 Å². The van der Waals surface area contributed by atoms with Crippen LogP contribution in [-0.2, 0) is 0 Å². The van der Waals surface area contributed by atoms with Crippen LogP contribution in [0.1, 0.15) is 20.8 Å². The van der Waals surface area contributed by atoms with Crippen LogP contribution < -0.4 is 4.67 Å². The highest BCUT2D eigenvalue weighted by Gasteiger charge is 2.16. The predicted octanol–water partition coefficient (Wildman–Crippen LogP) is 1.21. The predicted molar refractivity (Wildman–Crippen MR) is 50.3 cm³/mol. The van der Waals surface area contributed by atoms with E-state index in [1.54, 1.807) is 12.6 Å². The molecule has 0 aromatic rings. The van der Waals surface area contributed by atoms with Crippen molar-refractivity contribution in [1.82, 2.24) is 4.67 Å². The van der Waals surface area contributed by atoms with Crippen LogP contribution in [0.4, 0.5) is 0 Å². The molecule has 0 radical (unpaired) electrons. The zero-order valence-electron chi connectivity index (χ0n) is 7.20. The third-order valence-electron chi connectivity index (χ3n) is 1.55. The summed E-state index contributed by atoms with van der Waals surface area (Å²) in [5, 5.41) is 0. The smallest absolute Gasteiger partial charge is 0.215 e. The quantitative estimate of drug-likeness (QED) is 0.463. The average Bonchev–Trinajstić information content (AvgIpc) is 2.10. The maximum Gasteiger partial charge on any atom is 0.377 e. The summed E-state index contributed by atoms with van der Waals surface area (Å²) in [4.78, 5) is 4.00. The van der Waals surface area contributed by atoms with Gasteiger partial charge >= 0.3 is 6.34 Å². The minimum atomic E-state index is 0.160. The molecular weight excluding hydrogens is 136 g/mol. The first kappa shape index (κ1) is 7.96. The highest BCUT2D eigenvalue weighted by atomic mass is 14.8. The molecule has 0 spiro atoms. The summed E-state index contributed by atoms with van der Waals surface area (Å²) < 4.78 is 3.91. The second kappa shape index (κ2) is 2.85. The van der Waals surface area contributed by atoms with Crippen molar-refractivity contribution in [1.29, 1.82) is 0 Å². The zero-order valence-corrected chi connectivity index (χ0v) is 7.20. The number of nitrogens with zero attached hydrogens (tertiary/aromatic N) is 2. The standard InChI is InChI=1S/C9H13N2/c1-9(2,3)8-4-5-10-7-11-6-8/h4-7H,1-3H3/q+1. The Morgan fingerprint density at radius 2 is 2.09 bits per heavy atom. The van der Waals surface area contributed by atoms with Crippen molar-refractivity contribution in [2.24, 2.45) is 10.4 Å². The van der Waals surface area contributed by atoms with Crippen molar-refractivity contribution in [3.63, 3.8) is 0 Å². The van der Waals surface area contributed by atoms with Gasteiger partial charge in [0.05, 0.1) is 0 Å². The Bertz CT molecular complexity index is 258. The number of rotatable bonds is 0. The molecule has 2 heteroatoms. The Labute approximate surface area is 67.1 Å². The van der Waals surface area contributed by atoms with Gasteiger partial charge in [-0.15, -0.1) is 0 Å². The van der Waals surface area contributed by atoms with E-state index in [0.29, 0.717) is 0 Å². The normalized spacial score (nSPS) is 16.5. The van der Waals surface area contributed by atoms with Gasteiger partial charge in [-0.05, 0) is 10.4 Å². The lowest BCUT2D eigenvalue weighted by molar-refractivity contribution is 0.527. The molecule has 58 valence electrons.